The standard InChI is InChI=1S/C22H34O7/c1-8-19(5)11-14(25)22(27)20(6)13(24)9-10-18(3,4)16(20)15(26)17(28-12(2)23)21(22,7)29-19/h8,13,15-17,24,26-27H,1,9-11H2,2-7H3/t13-,15-,16?,17-,19-,20-,21+,22-/m1/s1. The van der Waals surface area contributed by atoms with Crippen LogP contribution in [0, 0.1) is 16.7 Å². The molecule has 29 heavy (non-hydrogen) atoms. The van der Waals surface area contributed by atoms with E-state index in [1.54, 1.807) is 13.8 Å². The monoisotopic (exact) mass is 410 g/mol. The van der Waals surface area contributed by atoms with E-state index in [1.807, 2.05) is 13.8 Å². The van der Waals surface area contributed by atoms with Crippen molar-refractivity contribution in [3.8, 4) is 0 Å². The largest absolute Gasteiger partial charge is 0.457 e. The number of hydrogen-bond acceptors (Lipinski definition) is 7. The molecule has 3 N–H and O–H groups in total. The smallest absolute Gasteiger partial charge is 0.303 e. The van der Waals surface area contributed by atoms with E-state index in [2.05, 4.69) is 6.58 Å². The van der Waals surface area contributed by atoms with Crippen molar-refractivity contribution in [3.05, 3.63) is 12.7 Å². The number of carbonyl (C=O) groups is 2. The summed E-state index contributed by atoms with van der Waals surface area (Å²) in [7, 11) is 0. The molecular formula is C22H34O7. The lowest BCUT2D eigenvalue weighted by Gasteiger charge is -2.71. The summed E-state index contributed by atoms with van der Waals surface area (Å²) < 4.78 is 11.8. The van der Waals surface area contributed by atoms with Gasteiger partial charge in [0.15, 0.2) is 17.5 Å². The van der Waals surface area contributed by atoms with Crippen LogP contribution < -0.4 is 0 Å². The van der Waals surface area contributed by atoms with Crippen molar-refractivity contribution in [2.24, 2.45) is 16.7 Å². The summed E-state index contributed by atoms with van der Waals surface area (Å²) in [5, 5.41) is 34.7. The Morgan fingerprint density at radius 1 is 1.24 bits per heavy atom. The molecule has 0 amide bonds. The van der Waals surface area contributed by atoms with Crippen LogP contribution in [0.15, 0.2) is 12.7 Å². The highest BCUT2D eigenvalue weighted by atomic mass is 16.6. The molecule has 3 rings (SSSR count). The van der Waals surface area contributed by atoms with Gasteiger partial charge in [0, 0.05) is 24.7 Å². The average molecular weight is 411 g/mol. The second-order valence-corrected chi connectivity index (χ2v) is 10.4. The van der Waals surface area contributed by atoms with Gasteiger partial charge in [-0.2, -0.15) is 0 Å². The summed E-state index contributed by atoms with van der Waals surface area (Å²) in [6.45, 7) is 13.6. The third-order valence-electron chi connectivity index (χ3n) is 8.02. The van der Waals surface area contributed by atoms with E-state index in [9.17, 15) is 24.9 Å². The van der Waals surface area contributed by atoms with Crippen LogP contribution in [0.5, 0.6) is 0 Å². The van der Waals surface area contributed by atoms with Crippen molar-refractivity contribution in [1.82, 2.24) is 0 Å². The zero-order chi connectivity index (χ0) is 22.2. The maximum Gasteiger partial charge on any atom is 0.303 e. The highest BCUT2D eigenvalue weighted by Crippen LogP contribution is 2.66. The summed E-state index contributed by atoms with van der Waals surface area (Å²) in [5.41, 5.74) is -7.00. The van der Waals surface area contributed by atoms with E-state index in [0.717, 1.165) is 0 Å². The Morgan fingerprint density at radius 3 is 2.34 bits per heavy atom. The molecule has 0 radical (unpaired) electrons. The van der Waals surface area contributed by atoms with Crippen molar-refractivity contribution in [1.29, 1.82) is 0 Å². The van der Waals surface area contributed by atoms with E-state index in [4.69, 9.17) is 9.47 Å². The molecule has 1 unspecified atom stereocenters. The molecule has 1 saturated heterocycles. The first-order valence-electron chi connectivity index (χ1n) is 10.2. The molecule has 2 saturated carbocycles. The molecule has 1 aliphatic heterocycles. The Balaban J connectivity index is 2.33. The lowest BCUT2D eigenvalue weighted by atomic mass is 9.40. The first-order valence-corrected chi connectivity index (χ1v) is 10.2. The molecule has 0 aromatic carbocycles. The molecule has 0 aromatic heterocycles. The lowest BCUT2D eigenvalue weighted by Crippen LogP contribution is -2.86. The molecule has 0 spiro atoms. The molecule has 0 aromatic rings. The fraction of sp³-hybridized carbons (Fsp3) is 0.818. The summed E-state index contributed by atoms with van der Waals surface area (Å²) >= 11 is 0. The van der Waals surface area contributed by atoms with Gasteiger partial charge in [0.05, 0.1) is 17.8 Å². The summed E-state index contributed by atoms with van der Waals surface area (Å²) in [6.07, 6.45) is -1.29. The Bertz CT molecular complexity index is 747. The van der Waals surface area contributed by atoms with Crippen LogP contribution in [0.2, 0.25) is 0 Å². The van der Waals surface area contributed by atoms with Crippen molar-refractivity contribution >= 4 is 11.8 Å². The van der Waals surface area contributed by atoms with Gasteiger partial charge in [0.2, 0.25) is 0 Å². The number of esters is 1. The molecule has 7 nitrogen and oxygen atoms in total. The number of fused-ring (bicyclic) bond motifs is 3. The minimum absolute atomic E-state index is 0.138. The SMILES string of the molecule is C=C[C@]1(C)CC(=O)[C@]2(O)[C@@](C)(O1)[C@H](OC(C)=O)[C@H](O)C1C(C)(C)CC[C@@H](O)[C@]12C. The summed E-state index contributed by atoms with van der Waals surface area (Å²) in [5.74, 6) is -1.87. The minimum Gasteiger partial charge on any atom is -0.457 e. The lowest BCUT2D eigenvalue weighted by molar-refractivity contribution is -0.370. The number of carbonyl (C=O) groups excluding carboxylic acids is 2. The first kappa shape index (κ1) is 22.4. The first-order chi connectivity index (χ1) is 13.1. The van der Waals surface area contributed by atoms with Gasteiger partial charge in [-0.25, -0.2) is 0 Å². The highest BCUT2D eigenvalue weighted by molar-refractivity contribution is 5.92. The molecule has 2 aliphatic carbocycles. The van der Waals surface area contributed by atoms with Crippen LogP contribution in [0.25, 0.3) is 0 Å². The molecule has 1 heterocycles. The van der Waals surface area contributed by atoms with Gasteiger partial charge in [0.25, 0.3) is 0 Å². The van der Waals surface area contributed by atoms with Crippen LogP contribution >= 0.6 is 0 Å². The van der Waals surface area contributed by atoms with Gasteiger partial charge in [-0.15, -0.1) is 6.58 Å². The van der Waals surface area contributed by atoms with Gasteiger partial charge in [-0.05, 0) is 32.1 Å². The number of aliphatic hydroxyl groups is 3. The van der Waals surface area contributed by atoms with E-state index in [-0.39, 0.29) is 6.42 Å². The number of ketones is 1. The molecule has 3 aliphatic rings. The minimum atomic E-state index is -2.18. The molecule has 3 fully saturated rings. The van der Waals surface area contributed by atoms with Crippen LogP contribution in [0.3, 0.4) is 0 Å². The van der Waals surface area contributed by atoms with E-state index >= 15 is 0 Å². The Hall–Kier alpha value is -1.28. The molecule has 164 valence electrons. The highest BCUT2D eigenvalue weighted by Gasteiger charge is 2.81. The van der Waals surface area contributed by atoms with Gasteiger partial charge in [-0.3, -0.25) is 9.59 Å². The van der Waals surface area contributed by atoms with Crippen LogP contribution in [-0.4, -0.2) is 62.2 Å². The van der Waals surface area contributed by atoms with E-state index in [0.29, 0.717) is 12.8 Å². The maximum absolute atomic E-state index is 13.6. The molecule has 7 heteroatoms. The Kier molecular flexibility index (Phi) is 4.91. The van der Waals surface area contributed by atoms with E-state index in [1.165, 1.54) is 19.9 Å². The fourth-order valence-electron chi connectivity index (χ4n) is 6.66. The predicted octanol–water partition coefficient (Wildman–Crippen LogP) is 1.52. The zero-order valence-corrected chi connectivity index (χ0v) is 18.2. The zero-order valence-electron chi connectivity index (χ0n) is 18.2. The predicted molar refractivity (Wildman–Crippen MR) is 105 cm³/mol. The van der Waals surface area contributed by atoms with Crippen LogP contribution in [0.1, 0.15) is 60.8 Å². The van der Waals surface area contributed by atoms with Gasteiger partial charge in [0.1, 0.15) is 5.60 Å². The molecule has 0 bridgehead atoms. The second-order valence-electron chi connectivity index (χ2n) is 10.4. The van der Waals surface area contributed by atoms with Gasteiger partial charge in [-0.1, -0.05) is 26.8 Å². The van der Waals surface area contributed by atoms with Gasteiger partial charge < -0.3 is 24.8 Å². The number of ether oxygens (including phenoxy) is 2. The number of aliphatic hydroxyl groups excluding tert-OH is 2. The van der Waals surface area contributed by atoms with Crippen molar-refractivity contribution < 1.29 is 34.4 Å². The normalized spacial score (nSPS) is 51.6. The Morgan fingerprint density at radius 2 is 1.83 bits per heavy atom. The summed E-state index contributed by atoms with van der Waals surface area (Å²) in [6, 6.07) is 0. The molecular weight excluding hydrogens is 376 g/mol. The third-order valence-corrected chi connectivity index (χ3v) is 8.02. The number of hydrogen-bond donors (Lipinski definition) is 3. The number of rotatable bonds is 2. The molecule has 8 atom stereocenters. The number of Topliss-reactive ketones (excluding diaryl/α,β-unsaturated/α-hetero) is 1. The second kappa shape index (κ2) is 6.36. The quantitative estimate of drug-likeness (QED) is 0.467. The van der Waals surface area contributed by atoms with Crippen LogP contribution in [-0.2, 0) is 19.1 Å². The van der Waals surface area contributed by atoms with Crippen molar-refractivity contribution in [2.75, 3.05) is 0 Å². The van der Waals surface area contributed by atoms with Gasteiger partial charge >= 0.3 is 5.97 Å². The fourth-order valence-corrected chi connectivity index (χ4v) is 6.66. The third kappa shape index (κ3) is 2.63. The summed E-state index contributed by atoms with van der Waals surface area (Å²) in [4.78, 5) is 25.5. The van der Waals surface area contributed by atoms with E-state index < -0.39 is 63.6 Å². The van der Waals surface area contributed by atoms with Crippen LogP contribution in [0.4, 0.5) is 0 Å². The van der Waals surface area contributed by atoms with Crippen molar-refractivity contribution in [3.63, 3.8) is 0 Å². The van der Waals surface area contributed by atoms with Crippen molar-refractivity contribution in [2.45, 2.75) is 95.9 Å². The topological polar surface area (TPSA) is 113 Å². The maximum atomic E-state index is 13.6. The Labute approximate surface area is 172 Å². The average Bonchev–Trinajstić information content (AvgIpc) is 2.59.